The molecule has 2 fully saturated rings. The number of ether oxygens (including phenoxy) is 1. The average molecular weight is 313 g/mol. The van der Waals surface area contributed by atoms with Gasteiger partial charge in [0, 0.05) is 12.1 Å². The maximum atomic E-state index is 12.9. The number of carbonyl (C=O) groups is 1. The topological polar surface area (TPSA) is 29.5 Å². The number of hydrogen-bond acceptors (Lipinski definition) is 2. The van der Waals surface area contributed by atoms with E-state index in [-0.39, 0.29) is 31.5 Å². The molecule has 120 valence electrons. The van der Waals surface area contributed by atoms with E-state index in [1.807, 2.05) is 30.3 Å². The number of amides is 1. The highest BCUT2D eigenvalue weighted by Gasteiger charge is 2.51. The SMILES string of the molecule is O=C(OCc1ccccc1)N1C2CCC1CC(C(F)(F)F)C2. The van der Waals surface area contributed by atoms with Gasteiger partial charge in [-0.1, -0.05) is 30.3 Å². The summed E-state index contributed by atoms with van der Waals surface area (Å²) in [4.78, 5) is 13.7. The van der Waals surface area contributed by atoms with Gasteiger partial charge >= 0.3 is 12.3 Å². The summed E-state index contributed by atoms with van der Waals surface area (Å²) in [5.74, 6) is -1.29. The Morgan fingerprint density at radius 1 is 1.14 bits per heavy atom. The first kappa shape index (κ1) is 15.2. The highest BCUT2D eigenvalue weighted by molar-refractivity contribution is 5.69. The Labute approximate surface area is 127 Å². The van der Waals surface area contributed by atoms with E-state index >= 15 is 0 Å². The van der Waals surface area contributed by atoms with Crippen LogP contribution in [0, 0.1) is 5.92 Å². The molecule has 2 saturated heterocycles. The van der Waals surface area contributed by atoms with Crippen molar-refractivity contribution in [2.24, 2.45) is 5.92 Å². The van der Waals surface area contributed by atoms with Gasteiger partial charge in [0.2, 0.25) is 0 Å². The van der Waals surface area contributed by atoms with E-state index in [2.05, 4.69) is 0 Å². The van der Waals surface area contributed by atoms with E-state index in [0.29, 0.717) is 12.8 Å². The fourth-order valence-electron chi connectivity index (χ4n) is 3.54. The van der Waals surface area contributed by atoms with Crippen molar-refractivity contribution in [3.8, 4) is 0 Å². The van der Waals surface area contributed by atoms with Gasteiger partial charge in [0.1, 0.15) is 6.61 Å². The standard InChI is InChI=1S/C16H18F3NO2/c17-16(18,19)12-8-13-6-7-14(9-12)20(13)15(21)22-10-11-4-2-1-3-5-11/h1-5,12-14H,6-10H2. The fraction of sp³-hybridized carbons (Fsp3) is 0.562. The van der Waals surface area contributed by atoms with Crippen LogP contribution in [0.15, 0.2) is 30.3 Å². The second-order valence-electron chi connectivity index (χ2n) is 6.04. The number of benzene rings is 1. The van der Waals surface area contributed by atoms with Crippen LogP contribution in [0.25, 0.3) is 0 Å². The molecule has 2 aliphatic heterocycles. The summed E-state index contributed by atoms with van der Waals surface area (Å²) < 4.78 is 43.9. The molecule has 0 N–H and O–H groups in total. The summed E-state index contributed by atoms with van der Waals surface area (Å²) in [6.07, 6.45) is -3.38. The summed E-state index contributed by atoms with van der Waals surface area (Å²) in [6, 6.07) is 8.58. The van der Waals surface area contributed by atoms with E-state index in [1.165, 1.54) is 4.90 Å². The predicted molar refractivity (Wildman–Crippen MR) is 74.1 cm³/mol. The van der Waals surface area contributed by atoms with Crippen LogP contribution in [-0.4, -0.2) is 29.3 Å². The van der Waals surface area contributed by atoms with Crippen molar-refractivity contribution in [2.75, 3.05) is 0 Å². The summed E-state index contributed by atoms with van der Waals surface area (Å²) in [6.45, 7) is 0.151. The number of alkyl halides is 3. The van der Waals surface area contributed by atoms with Gasteiger partial charge in [-0.25, -0.2) is 4.79 Å². The molecule has 0 aromatic heterocycles. The Morgan fingerprint density at radius 3 is 2.27 bits per heavy atom. The van der Waals surface area contributed by atoms with Crippen LogP contribution in [-0.2, 0) is 11.3 Å². The Bertz CT molecular complexity index is 518. The molecule has 2 atom stereocenters. The highest BCUT2D eigenvalue weighted by Crippen LogP contribution is 2.45. The van der Waals surface area contributed by atoms with Gasteiger partial charge in [0.05, 0.1) is 5.92 Å². The molecule has 2 bridgehead atoms. The molecule has 0 radical (unpaired) electrons. The Morgan fingerprint density at radius 2 is 1.73 bits per heavy atom. The Hall–Kier alpha value is -1.72. The van der Waals surface area contributed by atoms with Crippen molar-refractivity contribution in [3.63, 3.8) is 0 Å². The number of hydrogen-bond donors (Lipinski definition) is 0. The van der Waals surface area contributed by atoms with Crippen LogP contribution in [0.4, 0.5) is 18.0 Å². The zero-order valence-corrected chi connectivity index (χ0v) is 12.1. The third kappa shape index (κ3) is 3.05. The second kappa shape index (κ2) is 5.82. The van der Waals surface area contributed by atoms with Crippen LogP contribution in [0.3, 0.4) is 0 Å². The first-order valence-electron chi connectivity index (χ1n) is 7.51. The van der Waals surface area contributed by atoms with Crippen LogP contribution < -0.4 is 0 Å². The van der Waals surface area contributed by atoms with Crippen LogP contribution in [0.1, 0.15) is 31.2 Å². The fourth-order valence-corrected chi connectivity index (χ4v) is 3.54. The molecule has 2 heterocycles. The van der Waals surface area contributed by atoms with Crippen LogP contribution in [0.2, 0.25) is 0 Å². The van der Waals surface area contributed by atoms with E-state index in [0.717, 1.165) is 5.56 Å². The molecule has 0 saturated carbocycles. The summed E-state index contributed by atoms with van der Waals surface area (Å²) in [7, 11) is 0. The minimum Gasteiger partial charge on any atom is -0.445 e. The quantitative estimate of drug-likeness (QED) is 0.821. The van der Waals surface area contributed by atoms with Gasteiger partial charge in [-0.05, 0) is 31.2 Å². The Balaban J connectivity index is 1.60. The van der Waals surface area contributed by atoms with Crippen molar-refractivity contribution in [1.29, 1.82) is 0 Å². The average Bonchev–Trinajstić information content (AvgIpc) is 2.74. The lowest BCUT2D eigenvalue weighted by atomic mass is 9.90. The van der Waals surface area contributed by atoms with Crippen LogP contribution in [0.5, 0.6) is 0 Å². The molecule has 2 aliphatic rings. The Kier molecular flexibility index (Phi) is 4.02. The van der Waals surface area contributed by atoms with Gasteiger partial charge in [-0.15, -0.1) is 0 Å². The first-order chi connectivity index (χ1) is 10.4. The summed E-state index contributed by atoms with van der Waals surface area (Å²) in [5.41, 5.74) is 0.869. The van der Waals surface area contributed by atoms with Crippen molar-refractivity contribution < 1.29 is 22.7 Å². The molecular formula is C16H18F3NO2. The number of halogens is 3. The molecule has 22 heavy (non-hydrogen) atoms. The van der Waals surface area contributed by atoms with E-state index < -0.39 is 18.2 Å². The minimum atomic E-state index is -4.17. The molecule has 1 aromatic rings. The third-order valence-electron chi connectivity index (χ3n) is 4.61. The van der Waals surface area contributed by atoms with Gasteiger partial charge in [0.15, 0.2) is 0 Å². The molecule has 0 spiro atoms. The number of nitrogens with zero attached hydrogens (tertiary/aromatic N) is 1. The van der Waals surface area contributed by atoms with E-state index in [4.69, 9.17) is 4.74 Å². The van der Waals surface area contributed by atoms with Crippen molar-refractivity contribution in [1.82, 2.24) is 4.90 Å². The lowest BCUT2D eigenvalue weighted by molar-refractivity contribution is -0.189. The molecule has 6 heteroatoms. The lowest BCUT2D eigenvalue weighted by Gasteiger charge is -2.38. The molecule has 0 aliphatic carbocycles. The smallest absolute Gasteiger partial charge is 0.410 e. The maximum Gasteiger partial charge on any atom is 0.410 e. The zero-order valence-electron chi connectivity index (χ0n) is 12.1. The number of carbonyl (C=O) groups excluding carboxylic acids is 1. The lowest BCUT2D eigenvalue weighted by Crippen LogP contribution is -2.49. The molecule has 2 unspecified atom stereocenters. The zero-order chi connectivity index (χ0) is 15.7. The molecule has 3 nitrogen and oxygen atoms in total. The van der Waals surface area contributed by atoms with Crippen molar-refractivity contribution in [2.45, 2.75) is 50.6 Å². The number of rotatable bonds is 2. The van der Waals surface area contributed by atoms with Gasteiger partial charge in [0.25, 0.3) is 0 Å². The molecular weight excluding hydrogens is 295 g/mol. The van der Waals surface area contributed by atoms with Crippen molar-refractivity contribution in [3.05, 3.63) is 35.9 Å². The van der Waals surface area contributed by atoms with E-state index in [1.54, 1.807) is 0 Å². The normalized spacial score (nSPS) is 27.8. The monoisotopic (exact) mass is 313 g/mol. The molecule has 1 amide bonds. The third-order valence-corrected chi connectivity index (χ3v) is 4.61. The minimum absolute atomic E-state index is 0.000434. The van der Waals surface area contributed by atoms with Crippen molar-refractivity contribution >= 4 is 6.09 Å². The van der Waals surface area contributed by atoms with Gasteiger partial charge < -0.3 is 9.64 Å². The largest absolute Gasteiger partial charge is 0.445 e. The number of piperidine rings is 1. The summed E-state index contributed by atoms with van der Waals surface area (Å²) in [5, 5.41) is 0. The second-order valence-corrected chi connectivity index (χ2v) is 6.04. The molecule has 1 aromatic carbocycles. The summed E-state index contributed by atoms with van der Waals surface area (Å²) >= 11 is 0. The molecule has 3 rings (SSSR count). The predicted octanol–water partition coefficient (Wildman–Crippen LogP) is 4.13. The van der Waals surface area contributed by atoms with Gasteiger partial charge in [-0.2, -0.15) is 13.2 Å². The first-order valence-corrected chi connectivity index (χ1v) is 7.51. The number of fused-ring (bicyclic) bond motifs is 2. The van der Waals surface area contributed by atoms with Gasteiger partial charge in [-0.3, -0.25) is 0 Å². The van der Waals surface area contributed by atoms with Crippen LogP contribution >= 0.6 is 0 Å². The maximum absolute atomic E-state index is 12.9. The highest BCUT2D eigenvalue weighted by atomic mass is 19.4. The van der Waals surface area contributed by atoms with E-state index in [9.17, 15) is 18.0 Å².